The summed E-state index contributed by atoms with van der Waals surface area (Å²) in [5.74, 6) is 1.17. The lowest BCUT2D eigenvalue weighted by Crippen LogP contribution is -1.99. The molecule has 2 N–H and O–H groups in total. The van der Waals surface area contributed by atoms with Gasteiger partial charge in [-0.05, 0) is 12.1 Å². The molecule has 0 saturated heterocycles. The standard InChI is InChI=1S/C12H10Cl2N2O/c13-9-2-1-8(5-15)12(4-9)17-11-3-10(14)6-16-7-11/h1-4,6-7H,5,15H2. The smallest absolute Gasteiger partial charge is 0.147 e. The summed E-state index contributed by atoms with van der Waals surface area (Å²) in [6.45, 7) is 0.375. The average molecular weight is 269 g/mol. The lowest BCUT2D eigenvalue weighted by Gasteiger charge is -2.10. The first-order chi connectivity index (χ1) is 8.19. The van der Waals surface area contributed by atoms with Crippen molar-refractivity contribution in [2.24, 2.45) is 5.73 Å². The Morgan fingerprint density at radius 3 is 2.65 bits per heavy atom. The molecule has 1 heterocycles. The molecule has 17 heavy (non-hydrogen) atoms. The van der Waals surface area contributed by atoms with E-state index in [-0.39, 0.29) is 0 Å². The Labute approximate surface area is 109 Å². The number of nitrogens with two attached hydrogens (primary N) is 1. The molecule has 0 spiro atoms. The van der Waals surface area contributed by atoms with E-state index in [4.69, 9.17) is 33.7 Å². The van der Waals surface area contributed by atoms with Gasteiger partial charge < -0.3 is 10.5 Å². The van der Waals surface area contributed by atoms with Crippen LogP contribution in [0.25, 0.3) is 0 Å². The molecule has 0 aliphatic rings. The van der Waals surface area contributed by atoms with Crippen LogP contribution in [0.2, 0.25) is 10.0 Å². The lowest BCUT2D eigenvalue weighted by molar-refractivity contribution is 0.474. The van der Waals surface area contributed by atoms with Crippen LogP contribution in [0.1, 0.15) is 5.56 Å². The molecule has 0 unspecified atom stereocenters. The van der Waals surface area contributed by atoms with Crippen LogP contribution in [0.15, 0.2) is 36.7 Å². The minimum atomic E-state index is 0.375. The van der Waals surface area contributed by atoms with Crippen molar-refractivity contribution in [3.05, 3.63) is 52.3 Å². The van der Waals surface area contributed by atoms with Crippen molar-refractivity contribution in [3.8, 4) is 11.5 Å². The van der Waals surface area contributed by atoms with Crippen LogP contribution in [0.3, 0.4) is 0 Å². The molecule has 0 radical (unpaired) electrons. The number of ether oxygens (including phenoxy) is 1. The van der Waals surface area contributed by atoms with Gasteiger partial charge in [-0.1, -0.05) is 29.3 Å². The van der Waals surface area contributed by atoms with Gasteiger partial charge in [-0.3, -0.25) is 4.98 Å². The third kappa shape index (κ3) is 3.09. The third-order valence-corrected chi connectivity index (χ3v) is 2.60. The number of nitrogens with zero attached hydrogens (tertiary/aromatic N) is 1. The number of rotatable bonds is 3. The fourth-order valence-corrected chi connectivity index (χ4v) is 1.69. The van der Waals surface area contributed by atoms with Gasteiger partial charge in [-0.2, -0.15) is 0 Å². The van der Waals surface area contributed by atoms with Crippen LogP contribution >= 0.6 is 23.2 Å². The van der Waals surface area contributed by atoms with Crippen molar-refractivity contribution in [1.82, 2.24) is 4.98 Å². The second kappa shape index (κ2) is 5.36. The van der Waals surface area contributed by atoms with E-state index in [0.717, 1.165) is 5.56 Å². The van der Waals surface area contributed by atoms with Crippen molar-refractivity contribution in [2.45, 2.75) is 6.54 Å². The molecule has 0 amide bonds. The van der Waals surface area contributed by atoms with Crippen molar-refractivity contribution in [1.29, 1.82) is 0 Å². The maximum atomic E-state index is 5.91. The molecule has 0 atom stereocenters. The molecule has 2 aromatic rings. The van der Waals surface area contributed by atoms with Gasteiger partial charge in [0.15, 0.2) is 0 Å². The quantitative estimate of drug-likeness (QED) is 0.925. The highest BCUT2D eigenvalue weighted by molar-refractivity contribution is 6.31. The van der Waals surface area contributed by atoms with Crippen LogP contribution in [-0.2, 0) is 6.54 Å². The fourth-order valence-electron chi connectivity index (χ4n) is 1.37. The van der Waals surface area contributed by atoms with E-state index in [1.807, 2.05) is 6.07 Å². The van der Waals surface area contributed by atoms with Crippen LogP contribution < -0.4 is 10.5 Å². The SMILES string of the molecule is NCc1ccc(Cl)cc1Oc1cncc(Cl)c1. The Bertz CT molecular complexity index is 532. The highest BCUT2D eigenvalue weighted by Crippen LogP contribution is 2.28. The first-order valence-corrected chi connectivity index (χ1v) is 5.71. The average Bonchev–Trinajstić information content (AvgIpc) is 2.29. The fraction of sp³-hybridized carbons (Fsp3) is 0.0833. The van der Waals surface area contributed by atoms with Gasteiger partial charge in [0.1, 0.15) is 11.5 Å². The zero-order valence-corrected chi connectivity index (χ0v) is 10.4. The van der Waals surface area contributed by atoms with Crippen LogP contribution in [-0.4, -0.2) is 4.98 Å². The lowest BCUT2D eigenvalue weighted by atomic mass is 10.2. The summed E-state index contributed by atoms with van der Waals surface area (Å²) >= 11 is 11.7. The van der Waals surface area contributed by atoms with Gasteiger partial charge in [-0.25, -0.2) is 0 Å². The maximum Gasteiger partial charge on any atom is 0.147 e. The zero-order chi connectivity index (χ0) is 12.3. The molecule has 1 aromatic carbocycles. The van der Waals surface area contributed by atoms with Crippen molar-refractivity contribution < 1.29 is 4.74 Å². The number of benzene rings is 1. The predicted molar refractivity (Wildman–Crippen MR) is 68.7 cm³/mol. The molecule has 1 aromatic heterocycles. The summed E-state index contributed by atoms with van der Waals surface area (Å²) in [6.07, 6.45) is 3.11. The molecule has 0 saturated carbocycles. The summed E-state index contributed by atoms with van der Waals surface area (Å²) in [5, 5.41) is 1.10. The molecule has 0 aliphatic carbocycles. The molecular formula is C12H10Cl2N2O. The zero-order valence-electron chi connectivity index (χ0n) is 8.86. The van der Waals surface area contributed by atoms with E-state index in [1.54, 1.807) is 24.4 Å². The molecular weight excluding hydrogens is 259 g/mol. The van der Waals surface area contributed by atoms with Gasteiger partial charge in [0.25, 0.3) is 0 Å². The second-order valence-corrected chi connectivity index (χ2v) is 4.27. The van der Waals surface area contributed by atoms with Gasteiger partial charge in [-0.15, -0.1) is 0 Å². The molecule has 0 aliphatic heterocycles. The molecule has 5 heteroatoms. The van der Waals surface area contributed by atoms with E-state index >= 15 is 0 Å². The van der Waals surface area contributed by atoms with Gasteiger partial charge in [0.05, 0.1) is 11.2 Å². The Hall–Kier alpha value is -1.29. The van der Waals surface area contributed by atoms with E-state index < -0.39 is 0 Å². The highest BCUT2D eigenvalue weighted by Gasteiger charge is 2.05. The maximum absolute atomic E-state index is 5.91. The first-order valence-electron chi connectivity index (χ1n) is 4.96. The number of aromatic nitrogens is 1. The predicted octanol–water partition coefficient (Wildman–Crippen LogP) is 3.64. The van der Waals surface area contributed by atoms with Crippen molar-refractivity contribution >= 4 is 23.2 Å². The molecule has 88 valence electrons. The topological polar surface area (TPSA) is 48.1 Å². The van der Waals surface area contributed by atoms with Gasteiger partial charge in [0.2, 0.25) is 0 Å². The number of hydrogen-bond donors (Lipinski definition) is 1. The summed E-state index contributed by atoms with van der Waals surface area (Å²) in [5.41, 5.74) is 6.49. The molecule has 3 nitrogen and oxygen atoms in total. The van der Waals surface area contributed by atoms with E-state index in [0.29, 0.717) is 28.1 Å². The highest BCUT2D eigenvalue weighted by atomic mass is 35.5. The van der Waals surface area contributed by atoms with Crippen molar-refractivity contribution in [3.63, 3.8) is 0 Å². The normalized spacial score (nSPS) is 10.3. The molecule has 0 bridgehead atoms. The van der Waals surface area contributed by atoms with Crippen LogP contribution in [0.5, 0.6) is 11.5 Å². The minimum absolute atomic E-state index is 0.375. The number of hydrogen-bond acceptors (Lipinski definition) is 3. The van der Waals surface area contributed by atoms with Crippen LogP contribution in [0.4, 0.5) is 0 Å². The van der Waals surface area contributed by atoms with Gasteiger partial charge in [0, 0.05) is 29.4 Å². The van der Waals surface area contributed by atoms with Crippen molar-refractivity contribution in [2.75, 3.05) is 0 Å². The molecule has 2 rings (SSSR count). The Kier molecular flexibility index (Phi) is 3.84. The summed E-state index contributed by atoms with van der Waals surface area (Å²) in [4.78, 5) is 3.94. The monoisotopic (exact) mass is 268 g/mol. The number of halogens is 2. The largest absolute Gasteiger partial charge is 0.455 e. The van der Waals surface area contributed by atoms with E-state index in [9.17, 15) is 0 Å². The Balaban J connectivity index is 2.32. The summed E-state index contributed by atoms with van der Waals surface area (Å²) < 4.78 is 5.65. The van der Waals surface area contributed by atoms with E-state index in [1.165, 1.54) is 6.20 Å². The summed E-state index contributed by atoms with van der Waals surface area (Å²) in [7, 11) is 0. The third-order valence-electron chi connectivity index (χ3n) is 2.16. The first kappa shape index (κ1) is 12.2. The second-order valence-electron chi connectivity index (χ2n) is 3.40. The summed E-state index contributed by atoms with van der Waals surface area (Å²) in [6, 6.07) is 6.99. The molecule has 0 fully saturated rings. The van der Waals surface area contributed by atoms with E-state index in [2.05, 4.69) is 4.98 Å². The van der Waals surface area contributed by atoms with Crippen LogP contribution in [0, 0.1) is 0 Å². The van der Waals surface area contributed by atoms with Gasteiger partial charge >= 0.3 is 0 Å². The Morgan fingerprint density at radius 2 is 1.94 bits per heavy atom. The number of pyridine rings is 1. The Morgan fingerprint density at radius 1 is 1.12 bits per heavy atom. The minimum Gasteiger partial charge on any atom is -0.455 e.